The van der Waals surface area contributed by atoms with Crippen LogP contribution >= 0.6 is 0 Å². The summed E-state index contributed by atoms with van der Waals surface area (Å²) >= 11 is 0. The van der Waals surface area contributed by atoms with Gasteiger partial charge in [-0.1, -0.05) is 0 Å². The van der Waals surface area contributed by atoms with Gasteiger partial charge in [0, 0.05) is 18.6 Å². The van der Waals surface area contributed by atoms with E-state index < -0.39 is 11.9 Å². The molecule has 2 aromatic rings. The molecular formula is C9H7F3N2. The molecule has 2 heterocycles. The van der Waals surface area contributed by atoms with Crippen molar-refractivity contribution in [2.24, 2.45) is 7.05 Å². The van der Waals surface area contributed by atoms with E-state index in [1.807, 2.05) is 0 Å². The third kappa shape index (κ3) is 1.34. The molecular weight excluding hydrogens is 193 g/mol. The maximum atomic E-state index is 12.3. The van der Waals surface area contributed by atoms with Crippen LogP contribution in [-0.4, -0.2) is 9.55 Å². The van der Waals surface area contributed by atoms with Gasteiger partial charge in [-0.3, -0.25) is 0 Å². The molecule has 0 aliphatic heterocycles. The molecule has 2 aromatic heterocycles. The average molecular weight is 200 g/mol. The molecule has 0 amide bonds. The molecule has 0 aliphatic rings. The van der Waals surface area contributed by atoms with Gasteiger partial charge in [0.25, 0.3) is 0 Å². The first-order valence-electron chi connectivity index (χ1n) is 3.98. The van der Waals surface area contributed by atoms with Crippen molar-refractivity contribution in [1.82, 2.24) is 9.55 Å². The third-order valence-electron chi connectivity index (χ3n) is 2.01. The van der Waals surface area contributed by atoms with Gasteiger partial charge in [-0.2, -0.15) is 13.2 Å². The number of halogens is 3. The number of fused-ring (bicyclic) bond motifs is 1. The van der Waals surface area contributed by atoms with E-state index in [1.165, 1.54) is 6.07 Å². The molecule has 0 aromatic carbocycles. The summed E-state index contributed by atoms with van der Waals surface area (Å²) in [7, 11) is 1.66. The summed E-state index contributed by atoms with van der Waals surface area (Å²) in [6.45, 7) is 0. The van der Waals surface area contributed by atoms with Crippen LogP contribution in [0.4, 0.5) is 13.2 Å². The summed E-state index contributed by atoms with van der Waals surface area (Å²) < 4.78 is 38.4. The molecule has 0 N–H and O–H groups in total. The smallest absolute Gasteiger partial charge is 0.336 e. The lowest BCUT2D eigenvalue weighted by Crippen LogP contribution is -2.08. The molecule has 74 valence electrons. The first-order chi connectivity index (χ1) is 6.48. The second-order valence-corrected chi connectivity index (χ2v) is 3.03. The number of aromatic nitrogens is 2. The maximum absolute atomic E-state index is 12.3. The normalized spacial score (nSPS) is 12.3. The van der Waals surface area contributed by atoms with Crippen molar-refractivity contribution >= 4 is 11.0 Å². The quantitative estimate of drug-likeness (QED) is 0.639. The van der Waals surface area contributed by atoms with Crippen molar-refractivity contribution in [3.63, 3.8) is 0 Å². The van der Waals surface area contributed by atoms with Crippen molar-refractivity contribution in [3.05, 3.63) is 30.1 Å². The van der Waals surface area contributed by atoms with E-state index >= 15 is 0 Å². The van der Waals surface area contributed by atoms with Crippen LogP contribution in [0.15, 0.2) is 24.4 Å². The highest BCUT2D eigenvalue weighted by atomic mass is 19.4. The lowest BCUT2D eigenvalue weighted by molar-refractivity contribution is -0.141. The summed E-state index contributed by atoms with van der Waals surface area (Å²) in [5.74, 6) is 0. The number of rotatable bonds is 0. The number of hydrogen-bond donors (Lipinski definition) is 0. The van der Waals surface area contributed by atoms with Crippen LogP contribution in [-0.2, 0) is 13.2 Å². The number of pyridine rings is 1. The van der Waals surface area contributed by atoms with Crippen molar-refractivity contribution in [2.75, 3.05) is 0 Å². The zero-order chi connectivity index (χ0) is 10.3. The summed E-state index contributed by atoms with van der Waals surface area (Å²) in [4.78, 5) is 3.54. The van der Waals surface area contributed by atoms with Crippen molar-refractivity contribution in [1.29, 1.82) is 0 Å². The summed E-state index contributed by atoms with van der Waals surface area (Å²) in [6, 6.07) is 4.13. The Bertz CT molecular complexity index is 470. The Kier molecular flexibility index (Phi) is 1.77. The Labute approximate surface area is 78.0 Å². The molecule has 5 heteroatoms. The van der Waals surface area contributed by atoms with Crippen LogP contribution in [0.5, 0.6) is 0 Å². The highest BCUT2D eigenvalue weighted by Gasteiger charge is 2.32. The lowest BCUT2D eigenvalue weighted by Gasteiger charge is -2.05. The Morgan fingerprint density at radius 3 is 2.57 bits per heavy atom. The minimum atomic E-state index is -4.38. The Balaban J connectivity index is 2.66. The highest BCUT2D eigenvalue weighted by molar-refractivity contribution is 5.76. The van der Waals surface area contributed by atoms with Gasteiger partial charge in [-0.15, -0.1) is 0 Å². The summed E-state index contributed by atoms with van der Waals surface area (Å²) in [5, 5.41) is 0.709. The molecule has 0 fully saturated rings. The topological polar surface area (TPSA) is 17.8 Å². The van der Waals surface area contributed by atoms with Gasteiger partial charge in [0.2, 0.25) is 0 Å². The molecule has 0 saturated heterocycles. The van der Waals surface area contributed by atoms with Gasteiger partial charge < -0.3 is 4.57 Å². The second kappa shape index (κ2) is 2.73. The van der Waals surface area contributed by atoms with Gasteiger partial charge in [0.05, 0.1) is 0 Å². The zero-order valence-electron chi connectivity index (χ0n) is 7.34. The Morgan fingerprint density at radius 1 is 1.21 bits per heavy atom. The predicted molar refractivity (Wildman–Crippen MR) is 45.7 cm³/mol. The fourth-order valence-corrected chi connectivity index (χ4v) is 1.29. The predicted octanol–water partition coefficient (Wildman–Crippen LogP) is 2.59. The molecule has 0 bridgehead atoms. The first-order valence-corrected chi connectivity index (χ1v) is 3.98. The maximum Gasteiger partial charge on any atom is 0.433 e. The van der Waals surface area contributed by atoms with Gasteiger partial charge in [0.1, 0.15) is 11.3 Å². The number of hydrogen-bond acceptors (Lipinski definition) is 1. The van der Waals surface area contributed by atoms with E-state index in [1.54, 1.807) is 23.9 Å². The van der Waals surface area contributed by atoms with Crippen molar-refractivity contribution < 1.29 is 13.2 Å². The van der Waals surface area contributed by atoms with E-state index in [9.17, 15) is 13.2 Å². The minimum Gasteiger partial charge on any atom is -0.336 e. The molecule has 2 nitrogen and oxygen atoms in total. The number of alkyl halides is 3. The van der Waals surface area contributed by atoms with E-state index in [-0.39, 0.29) is 0 Å². The molecule has 0 radical (unpaired) electrons. The Morgan fingerprint density at radius 2 is 1.93 bits per heavy atom. The Hall–Kier alpha value is -1.52. The third-order valence-corrected chi connectivity index (χ3v) is 2.01. The monoisotopic (exact) mass is 200 g/mol. The number of aryl methyl sites for hydroxylation is 1. The molecule has 0 atom stereocenters. The van der Waals surface area contributed by atoms with Crippen LogP contribution < -0.4 is 0 Å². The molecule has 0 unspecified atom stereocenters. The van der Waals surface area contributed by atoms with E-state index in [4.69, 9.17) is 0 Å². The van der Waals surface area contributed by atoms with Crippen LogP contribution in [0, 0.1) is 0 Å². The fraction of sp³-hybridized carbons (Fsp3) is 0.222. The van der Waals surface area contributed by atoms with Crippen molar-refractivity contribution in [3.8, 4) is 0 Å². The van der Waals surface area contributed by atoms with E-state index in [0.717, 1.165) is 6.07 Å². The second-order valence-electron chi connectivity index (χ2n) is 3.03. The molecule has 2 rings (SSSR count). The SMILES string of the molecule is Cn1ccc2ccc(C(F)(F)F)nc21. The molecule has 0 aliphatic carbocycles. The van der Waals surface area contributed by atoms with Crippen molar-refractivity contribution in [2.45, 2.75) is 6.18 Å². The molecule has 14 heavy (non-hydrogen) atoms. The lowest BCUT2D eigenvalue weighted by atomic mass is 10.3. The van der Waals surface area contributed by atoms with Crippen LogP contribution in [0.3, 0.4) is 0 Å². The van der Waals surface area contributed by atoms with Gasteiger partial charge in [0.15, 0.2) is 0 Å². The van der Waals surface area contributed by atoms with Crippen LogP contribution in [0.1, 0.15) is 5.69 Å². The minimum absolute atomic E-state index is 0.347. The van der Waals surface area contributed by atoms with Gasteiger partial charge in [-0.05, 0) is 18.2 Å². The first kappa shape index (κ1) is 9.05. The van der Waals surface area contributed by atoms with Crippen LogP contribution in [0.2, 0.25) is 0 Å². The summed E-state index contributed by atoms with van der Waals surface area (Å²) in [5.41, 5.74) is -0.508. The summed E-state index contributed by atoms with van der Waals surface area (Å²) in [6.07, 6.45) is -2.70. The van der Waals surface area contributed by atoms with Crippen LogP contribution in [0.25, 0.3) is 11.0 Å². The molecule has 0 saturated carbocycles. The van der Waals surface area contributed by atoms with Gasteiger partial charge >= 0.3 is 6.18 Å². The zero-order valence-corrected chi connectivity index (χ0v) is 7.34. The number of nitrogens with zero attached hydrogens (tertiary/aromatic N) is 2. The van der Waals surface area contributed by atoms with E-state index in [0.29, 0.717) is 11.0 Å². The fourth-order valence-electron chi connectivity index (χ4n) is 1.29. The highest BCUT2D eigenvalue weighted by Crippen LogP contribution is 2.28. The standard InChI is InChI=1S/C9H7F3N2/c1-14-5-4-6-2-3-7(9(10,11)12)13-8(6)14/h2-5H,1H3. The van der Waals surface area contributed by atoms with Gasteiger partial charge in [-0.25, -0.2) is 4.98 Å². The molecule has 0 spiro atoms. The van der Waals surface area contributed by atoms with E-state index in [2.05, 4.69) is 4.98 Å². The largest absolute Gasteiger partial charge is 0.433 e. The average Bonchev–Trinajstić information content (AvgIpc) is 2.46.